The SMILES string of the molecule is NC(=O)CCC(=O)N1CCN2C(=O)c3ccccc3C12c1ccc(Cl)cc1. The number of amides is 3. The van der Waals surface area contributed by atoms with Gasteiger partial charge in [-0.1, -0.05) is 41.9 Å². The molecular formula is C20H18ClN3O3. The summed E-state index contributed by atoms with van der Waals surface area (Å²) in [5.41, 5.74) is 6.33. The van der Waals surface area contributed by atoms with Gasteiger partial charge in [0.15, 0.2) is 5.66 Å². The lowest BCUT2D eigenvalue weighted by Gasteiger charge is -2.40. The van der Waals surface area contributed by atoms with Crippen molar-refractivity contribution in [1.29, 1.82) is 0 Å². The number of carbonyl (C=O) groups excluding carboxylic acids is 3. The van der Waals surface area contributed by atoms with Crippen molar-refractivity contribution in [1.82, 2.24) is 9.80 Å². The maximum atomic E-state index is 13.0. The molecule has 2 aliphatic rings. The fraction of sp³-hybridized carbons (Fsp3) is 0.250. The van der Waals surface area contributed by atoms with E-state index in [0.29, 0.717) is 23.7 Å². The highest BCUT2D eigenvalue weighted by Crippen LogP contribution is 2.49. The Kier molecular flexibility index (Phi) is 4.15. The van der Waals surface area contributed by atoms with Gasteiger partial charge in [-0.2, -0.15) is 0 Å². The third-order valence-electron chi connectivity index (χ3n) is 5.24. The highest BCUT2D eigenvalue weighted by atomic mass is 35.5. The second-order valence-corrected chi connectivity index (χ2v) is 7.13. The van der Waals surface area contributed by atoms with Crippen LogP contribution in [0.25, 0.3) is 0 Å². The van der Waals surface area contributed by atoms with Gasteiger partial charge in [0.25, 0.3) is 5.91 Å². The minimum Gasteiger partial charge on any atom is -0.370 e. The molecule has 1 fully saturated rings. The number of benzene rings is 2. The van der Waals surface area contributed by atoms with Gasteiger partial charge in [-0.15, -0.1) is 0 Å². The van der Waals surface area contributed by atoms with Crippen LogP contribution in [0.5, 0.6) is 0 Å². The van der Waals surface area contributed by atoms with E-state index in [1.54, 1.807) is 28.0 Å². The summed E-state index contributed by atoms with van der Waals surface area (Å²) in [6.45, 7) is 0.804. The second-order valence-electron chi connectivity index (χ2n) is 6.69. The quantitative estimate of drug-likeness (QED) is 0.877. The average Bonchev–Trinajstić information content (AvgIpc) is 3.17. The fourth-order valence-corrected chi connectivity index (χ4v) is 4.27. The summed E-state index contributed by atoms with van der Waals surface area (Å²) >= 11 is 6.06. The van der Waals surface area contributed by atoms with Gasteiger partial charge in [0.2, 0.25) is 11.8 Å². The zero-order chi connectivity index (χ0) is 19.2. The van der Waals surface area contributed by atoms with Crippen LogP contribution < -0.4 is 5.73 Å². The van der Waals surface area contributed by atoms with Crippen molar-refractivity contribution in [2.24, 2.45) is 5.73 Å². The molecule has 2 aromatic carbocycles. The summed E-state index contributed by atoms with van der Waals surface area (Å²) in [7, 11) is 0. The highest BCUT2D eigenvalue weighted by Gasteiger charge is 2.59. The van der Waals surface area contributed by atoms with Gasteiger partial charge in [-0.05, 0) is 18.2 Å². The predicted molar refractivity (Wildman–Crippen MR) is 99.9 cm³/mol. The summed E-state index contributed by atoms with van der Waals surface area (Å²) in [6, 6.07) is 14.5. The lowest BCUT2D eigenvalue weighted by atomic mass is 9.89. The van der Waals surface area contributed by atoms with Crippen molar-refractivity contribution >= 4 is 29.3 Å². The lowest BCUT2D eigenvalue weighted by Crippen LogP contribution is -2.51. The molecule has 0 aromatic heterocycles. The zero-order valence-corrected chi connectivity index (χ0v) is 15.3. The minimum absolute atomic E-state index is 0.00880. The van der Waals surface area contributed by atoms with Gasteiger partial charge in [0.1, 0.15) is 0 Å². The molecule has 0 aliphatic carbocycles. The molecule has 2 aromatic rings. The van der Waals surface area contributed by atoms with Crippen molar-refractivity contribution < 1.29 is 14.4 Å². The summed E-state index contributed by atoms with van der Waals surface area (Å²) in [6.07, 6.45) is -0.0174. The van der Waals surface area contributed by atoms with Crippen LogP contribution in [-0.2, 0) is 15.3 Å². The molecule has 2 N–H and O–H groups in total. The van der Waals surface area contributed by atoms with E-state index in [2.05, 4.69) is 0 Å². The standard InChI is InChI=1S/C20H18ClN3O3/c21-14-7-5-13(6-8-14)20-16-4-2-1-3-15(16)19(27)24(20)12-11-23(20)18(26)10-9-17(22)25/h1-8H,9-12H2,(H2,22,25). The first-order valence-electron chi connectivity index (χ1n) is 8.72. The highest BCUT2D eigenvalue weighted by molar-refractivity contribution is 6.30. The van der Waals surface area contributed by atoms with Crippen LogP contribution in [0.15, 0.2) is 48.5 Å². The smallest absolute Gasteiger partial charge is 0.256 e. The molecular weight excluding hydrogens is 366 g/mol. The van der Waals surface area contributed by atoms with Gasteiger partial charge in [-0.3, -0.25) is 14.4 Å². The van der Waals surface area contributed by atoms with E-state index in [9.17, 15) is 14.4 Å². The molecule has 0 radical (unpaired) electrons. The fourth-order valence-electron chi connectivity index (χ4n) is 4.15. The normalized spacial score (nSPS) is 20.6. The Balaban J connectivity index is 1.89. The van der Waals surface area contributed by atoms with Gasteiger partial charge >= 0.3 is 0 Å². The summed E-state index contributed by atoms with van der Waals surface area (Å²) in [5.74, 6) is -0.843. The first-order chi connectivity index (χ1) is 13.0. The Bertz CT molecular complexity index is 944. The van der Waals surface area contributed by atoms with Crippen molar-refractivity contribution in [3.8, 4) is 0 Å². The molecule has 2 aliphatic heterocycles. The number of fused-ring (bicyclic) bond motifs is 3. The summed E-state index contributed by atoms with van der Waals surface area (Å²) in [5, 5.41) is 0.573. The number of hydrogen-bond donors (Lipinski definition) is 1. The molecule has 1 atom stereocenters. The van der Waals surface area contributed by atoms with E-state index in [1.807, 2.05) is 30.3 Å². The summed E-state index contributed by atoms with van der Waals surface area (Å²) < 4.78 is 0. The Hall–Kier alpha value is -2.86. The van der Waals surface area contributed by atoms with Crippen LogP contribution in [0.1, 0.15) is 34.3 Å². The van der Waals surface area contributed by atoms with Crippen LogP contribution in [0.2, 0.25) is 5.02 Å². The van der Waals surface area contributed by atoms with Gasteiger partial charge in [-0.25, -0.2) is 0 Å². The first-order valence-corrected chi connectivity index (χ1v) is 9.10. The number of hydrogen-bond acceptors (Lipinski definition) is 3. The predicted octanol–water partition coefficient (Wildman–Crippen LogP) is 2.10. The largest absolute Gasteiger partial charge is 0.370 e. The van der Waals surface area contributed by atoms with Crippen molar-refractivity contribution in [2.45, 2.75) is 18.5 Å². The minimum atomic E-state index is -1.02. The maximum Gasteiger partial charge on any atom is 0.256 e. The molecule has 27 heavy (non-hydrogen) atoms. The molecule has 4 rings (SSSR count). The molecule has 1 unspecified atom stereocenters. The zero-order valence-electron chi connectivity index (χ0n) is 14.5. The molecule has 3 amide bonds. The van der Waals surface area contributed by atoms with Gasteiger partial charge < -0.3 is 15.5 Å². The Labute approximate surface area is 161 Å². The van der Waals surface area contributed by atoms with Crippen molar-refractivity contribution in [3.05, 3.63) is 70.2 Å². The summed E-state index contributed by atoms with van der Waals surface area (Å²) in [4.78, 5) is 40.6. The Morgan fingerprint density at radius 2 is 1.74 bits per heavy atom. The monoisotopic (exact) mass is 383 g/mol. The average molecular weight is 384 g/mol. The number of carbonyl (C=O) groups is 3. The van der Waals surface area contributed by atoms with E-state index in [4.69, 9.17) is 17.3 Å². The topological polar surface area (TPSA) is 83.7 Å². The lowest BCUT2D eigenvalue weighted by molar-refractivity contribution is -0.138. The second kappa shape index (κ2) is 6.39. The maximum absolute atomic E-state index is 13.0. The number of primary amides is 1. The van der Waals surface area contributed by atoms with E-state index in [-0.39, 0.29) is 24.7 Å². The number of rotatable bonds is 4. The molecule has 138 valence electrons. The van der Waals surface area contributed by atoms with Gasteiger partial charge in [0, 0.05) is 47.6 Å². The van der Waals surface area contributed by atoms with Crippen molar-refractivity contribution in [2.75, 3.05) is 13.1 Å². The van der Waals surface area contributed by atoms with Crippen LogP contribution in [0, 0.1) is 0 Å². The van der Waals surface area contributed by atoms with Crippen LogP contribution in [0.3, 0.4) is 0 Å². The first kappa shape index (κ1) is 17.5. The van der Waals surface area contributed by atoms with Crippen molar-refractivity contribution in [3.63, 3.8) is 0 Å². The molecule has 0 saturated carbocycles. The Morgan fingerprint density at radius 3 is 2.44 bits per heavy atom. The molecule has 6 nitrogen and oxygen atoms in total. The van der Waals surface area contributed by atoms with Crippen LogP contribution in [-0.4, -0.2) is 40.6 Å². The molecule has 2 heterocycles. The van der Waals surface area contributed by atoms with Crippen LogP contribution >= 0.6 is 11.6 Å². The molecule has 0 spiro atoms. The van der Waals surface area contributed by atoms with E-state index in [1.165, 1.54) is 0 Å². The number of nitrogens with two attached hydrogens (primary N) is 1. The third-order valence-corrected chi connectivity index (χ3v) is 5.49. The number of nitrogens with zero attached hydrogens (tertiary/aromatic N) is 2. The third kappa shape index (κ3) is 2.51. The van der Waals surface area contributed by atoms with E-state index in [0.717, 1.165) is 11.1 Å². The van der Waals surface area contributed by atoms with Crippen LogP contribution in [0.4, 0.5) is 0 Å². The van der Waals surface area contributed by atoms with E-state index >= 15 is 0 Å². The van der Waals surface area contributed by atoms with Gasteiger partial charge in [0.05, 0.1) is 0 Å². The molecule has 0 bridgehead atoms. The molecule has 7 heteroatoms. The van der Waals surface area contributed by atoms with E-state index < -0.39 is 11.6 Å². The Morgan fingerprint density at radius 1 is 1.04 bits per heavy atom. The number of halogens is 1. The molecule has 1 saturated heterocycles.